The van der Waals surface area contributed by atoms with E-state index in [4.69, 9.17) is 14.2 Å². The van der Waals surface area contributed by atoms with E-state index in [0.717, 1.165) is 11.1 Å². The normalized spacial score (nSPS) is 12.9. The van der Waals surface area contributed by atoms with Crippen LogP contribution in [-0.4, -0.2) is 33.0 Å². The van der Waals surface area contributed by atoms with Gasteiger partial charge in [-0.2, -0.15) is 8.78 Å². The van der Waals surface area contributed by atoms with Crippen molar-refractivity contribution < 1.29 is 27.7 Å². The molecule has 0 unspecified atom stereocenters. The Kier molecular flexibility index (Phi) is 7.67. The van der Waals surface area contributed by atoms with Crippen molar-refractivity contribution in [2.24, 2.45) is 4.99 Å². The lowest BCUT2D eigenvalue weighted by molar-refractivity contribution is -0.0505. The maximum absolute atomic E-state index is 12.8. The van der Waals surface area contributed by atoms with Gasteiger partial charge in [0.1, 0.15) is 5.75 Å². The van der Waals surface area contributed by atoms with Crippen LogP contribution < -0.4 is 24.8 Å². The molecular weight excluding hydrogens is 396 g/mol. The number of fused-ring (bicyclic) bond motifs is 1. The van der Waals surface area contributed by atoms with E-state index < -0.39 is 6.61 Å². The number of nitrogens with one attached hydrogen (secondary N) is 2. The number of hydrogen-bond acceptors (Lipinski definition) is 5. The summed E-state index contributed by atoms with van der Waals surface area (Å²) in [6, 6.07) is 11.0. The van der Waals surface area contributed by atoms with Gasteiger partial charge in [-0.3, -0.25) is 4.99 Å². The molecule has 2 aromatic rings. The number of benzene rings is 2. The third kappa shape index (κ3) is 5.73. The lowest BCUT2D eigenvalue weighted by Gasteiger charge is -2.16. The molecule has 0 atom stereocenters. The molecule has 2 N–H and O–H groups in total. The van der Waals surface area contributed by atoms with Crippen LogP contribution in [-0.2, 0) is 24.4 Å². The van der Waals surface area contributed by atoms with Crippen LogP contribution in [0.1, 0.15) is 23.6 Å². The molecule has 0 saturated carbocycles. The van der Waals surface area contributed by atoms with Gasteiger partial charge in [0, 0.05) is 38.4 Å². The highest BCUT2D eigenvalue weighted by Gasteiger charge is 2.20. The Bertz CT molecular complexity index is 877. The largest absolute Gasteiger partial charge is 0.454 e. The summed E-state index contributed by atoms with van der Waals surface area (Å²) < 4.78 is 46.3. The Morgan fingerprint density at radius 1 is 1.07 bits per heavy atom. The van der Waals surface area contributed by atoms with Gasteiger partial charge >= 0.3 is 6.61 Å². The van der Waals surface area contributed by atoms with Crippen LogP contribution in [0.4, 0.5) is 8.78 Å². The van der Waals surface area contributed by atoms with Crippen molar-refractivity contribution in [2.45, 2.75) is 33.2 Å². The lowest BCUT2D eigenvalue weighted by atomic mass is 10.1. The Morgan fingerprint density at radius 2 is 1.73 bits per heavy atom. The van der Waals surface area contributed by atoms with E-state index >= 15 is 0 Å². The molecular formula is C21H25F2N3O4. The van der Waals surface area contributed by atoms with E-state index in [-0.39, 0.29) is 19.1 Å². The molecule has 0 fully saturated rings. The van der Waals surface area contributed by atoms with Crippen molar-refractivity contribution in [3.63, 3.8) is 0 Å². The zero-order valence-electron chi connectivity index (χ0n) is 16.9. The minimum absolute atomic E-state index is 0.0271. The van der Waals surface area contributed by atoms with E-state index in [1.54, 1.807) is 13.1 Å². The summed E-state index contributed by atoms with van der Waals surface area (Å²) in [5.41, 5.74) is 2.67. The van der Waals surface area contributed by atoms with Crippen LogP contribution in [0.5, 0.6) is 17.2 Å². The smallest absolute Gasteiger partial charge is 0.387 e. The number of ether oxygens (including phenoxy) is 4. The first-order valence-electron chi connectivity index (χ1n) is 9.57. The summed E-state index contributed by atoms with van der Waals surface area (Å²) in [4.78, 5) is 4.19. The van der Waals surface area contributed by atoms with Crippen LogP contribution in [0.15, 0.2) is 41.4 Å². The van der Waals surface area contributed by atoms with Crippen LogP contribution >= 0.6 is 0 Å². The van der Waals surface area contributed by atoms with Gasteiger partial charge in [0.2, 0.25) is 6.79 Å². The van der Waals surface area contributed by atoms with Crippen LogP contribution in [0.3, 0.4) is 0 Å². The van der Waals surface area contributed by atoms with Gasteiger partial charge in [0.15, 0.2) is 17.5 Å². The number of aliphatic imine (C=N–C) groups is 1. The highest BCUT2D eigenvalue weighted by atomic mass is 19.3. The standard InChI is InChI=1S/C21H25F2N3O4/c1-3-27-12-15-7-5-4-6-14(15)10-25-21(24-2)26-11-16-8-18-19(29-13-28-18)9-17(16)30-20(22)23/h4-9,20H,3,10-13H2,1-2H3,(H2,24,25,26). The Labute approximate surface area is 174 Å². The first-order valence-corrected chi connectivity index (χ1v) is 9.57. The average molecular weight is 421 g/mol. The molecule has 0 aliphatic carbocycles. The number of hydrogen-bond donors (Lipinski definition) is 2. The molecule has 0 bridgehead atoms. The minimum atomic E-state index is -2.94. The molecule has 0 spiro atoms. The molecule has 0 amide bonds. The van der Waals surface area contributed by atoms with Gasteiger partial charge in [0.05, 0.1) is 6.61 Å². The van der Waals surface area contributed by atoms with Gasteiger partial charge in [-0.1, -0.05) is 24.3 Å². The molecule has 1 aliphatic rings. The summed E-state index contributed by atoms with van der Waals surface area (Å²) in [5.74, 6) is 1.41. The number of nitrogens with zero attached hydrogens (tertiary/aromatic N) is 1. The predicted molar refractivity (Wildman–Crippen MR) is 108 cm³/mol. The molecule has 2 aromatic carbocycles. The molecule has 1 heterocycles. The maximum Gasteiger partial charge on any atom is 0.387 e. The highest BCUT2D eigenvalue weighted by molar-refractivity contribution is 5.79. The Hall–Kier alpha value is -3.07. The molecule has 30 heavy (non-hydrogen) atoms. The third-order valence-electron chi connectivity index (χ3n) is 4.47. The summed E-state index contributed by atoms with van der Waals surface area (Å²) in [5, 5.41) is 6.33. The third-order valence-corrected chi connectivity index (χ3v) is 4.47. The first-order chi connectivity index (χ1) is 14.6. The minimum Gasteiger partial charge on any atom is -0.454 e. The molecule has 0 radical (unpaired) electrons. The Morgan fingerprint density at radius 3 is 2.40 bits per heavy atom. The summed E-state index contributed by atoms with van der Waals surface area (Å²) >= 11 is 0. The van der Waals surface area contributed by atoms with E-state index in [1.807, 2.05) is 31.2 Å². The van der Waals surface area contributed by atoms with Crippen molar-refractivity contribution in [3.8, 4) is 17.2 Å². The van der Waals surface area contributed by atoms with Gasteiger partial charge in [0.25, 0.3) is 0 Å². The number of guanidine groups is 1. The molecule has 0 aromatic heterocycles. The van der Waals surface area contributed by atoms with E-state index in [1.165, 1.54) is 6.07 Å². The zero-order chi connectivity index (χ0) is 21.3. The molecule has 3 rings (SSSR count). The predicted octanol–water partition coefficient (Wildman–Crippen LogP) is 3.42. The van der Waals surface area contributed by atoms with Gasteiger partial charge in [-0.15, -0.1) is 0 Å². The lowest BCUT2D eigenvalue weighted by Crippen LogP contribution is -2.36. The number of alkyl halides is 2. The monoisotopic (exact) mass is 421 g/mol. The molecule has 1 aliphatic heterocycles. The van der Waals surface area contributed by atoms with Gasteiger partial charge < -0.3 is 29.6 Å². The topological polar surface area (TPSA) is 73.3 Å². The fourth-order valence-corrected chi connectivity index (χ4v) is 2.97. The highest BCUT2D eigenvalue weighted by Crippen LogP contribution is 2.38. The second-order valence-electron chi connectivity index (χ2n) is 6.38. The molecule has 7 nitrogen and oxygen atoms in total. The Balaban J connectivity index is 1.64. The fourth-order valence-electron chi connectivity index (χ4n) is 2.97. The molecule has 9 heteroatoms. The zero-order valence-corrected chi connectivity index (χ0v) is 16.9. The van der Waals surface area contributed by atoms with Crippen molar-refractivity contribution >= 4 is 5.96 Å². The van der Waals surface area contributed by atoms with Crippen LogP contribution in [0.25, 0.3) is 0 Å². The van der Waals surface area contributed by atoms with E-state index in [2.05, 4.69) is 20.4 Å². The van der Waals surface area contributed by atoms with Crippen LogP contribution in [0, 0.1) is 0 Å². The van der Waals surface area contributed by atoms with Crippen LogP contribution in [0.2, 0.25) is 0 Å². The quantitative estimate of drug-likeness (QED) is 0.478. The van der Waals surface area contributed by atoms with Crippen molar-refractivity contribution in [3.05, 3.63) is 53.1 Å². The summed E-state index contributed by atoms with van der Waals surface area (Å²) in [7, 11) is 1.64. The van der Waals surface area contributed by atoms with E-state index in [9.17, 15) is 8.78 Å². The maximum atomic E-state index is 12.8. The van der Waals surface area contributed by atoms with Gasteiger partial charge in [-0.05, 0) is 24.1 Å². The number of halogens is 2. The number of rotatable bonds is 9. The summed E-state index contributed by atoms with van der Waals surface area (Å²) in [6.07, 6.45) is 0. The summed E-state index contributed by atoms with van der Waals surface area (Å²) in [6.45, 7) is 0.974. The van der Waals surface area contributed by atoms with Crippen molar-refractivity contribution in [2.75, 3.05) is 20.4 Å². The SMILES string of the molecule is CCOCc1ccccc1CNC(=NC)NCc1cc2c(cc1OC(F)F)OCO2. The first kappa shape index (κ1) is 21.6. The second-order valence-corrected chi connectivity index (χ2v) is 6.38. The van der Waals surface area contributed by atoms with Crippen molar-refractivity contribution in [1.82, 2.24) is 10.6 Å². The van der Waals surface area contributed by atoms with Crippen molar-refractivity contribution in [1.29, 1.82) is 0 Å². The van der Waals surface area contributed by atoms with Gasteiger partial charge in [-0.25, -0.2) is 0 Å². The average Bonchev–Trinajstić information content (AvgIpc) is 3.19. The second kappa shape index (κ2) is 10.6. The van der Waals surface area contributed by atoms with E-state index in [0.29, 0.717) is 42.8 Å². The fraction of sp³-hybridized carbons (Fsp3) is 0.381. The molecule has 0 saturated heterocycles. The molecule has 162 valence electrons.